The van der Waals surface area contributed by atoms with Gasteiger partial charge in [0.25, 0.3) is 0 Å². The highest BCUT2D eigenvalue weighted by Gasteiger charge is 2.05. The molecule has 0 aliphatic carbocycles. The zero-order chi connectivity index (χ0) is 12.7. The van der Waals surface area contributed by atoms with Gasteiger partial charge >= 0.3 is 0 Å². The number of anilines is 2. The van der Waals surface area contributed by atoms with E-state index in [-0.39, 0.29) is 0 Å². The fourth-order valence-electron chi connectivity index (χ4n) is 1.51. The van der Waals surface area contributed by atoms with E-state index in [0.717, 1.165) is 37.9 Å². The van der Waals surface area contributed by atoms with Crippen LogP contribution >= 0.6 is 0 Å². The molecule has 0 atom stereocenters. The molecule has 1 heterocycles. The van der Waals surface area contributed by atoms with Crippen molar-refractivity contribution in [2.75, 3.05) is 50.5 Å². The van der Waals surface area contributed by atoms with Crippen LogP contribution in [0.1, 0.15) is 13.8 Å². The number of hydrogen-bond acceptors (Lipinski definition) is 5. The topological polar surface area (TPSA) is 44.3 Å². The van der Waals surface area contributed by atoms with Gasteiger partial charge in [-0.3, -0.25) is 0 Å². The predicted octanol–water partition coefficient (Wildman–Crippen LogP) is 1.30. The molecule has 1 aromatic rings. The highest BCUT2D eigenvalue weighted by molar-refractivity contribution is 5.41. The van der Waals surface area contributed by atoms with Crippen LogP contribution in [-0.4, -0.2) is 55.1 Å². The molecule has 0 aliphatic heterocycles. The Hall–Kier alpha value is -1.36. The quantitative estimate of drug-likeness (QED) is 0.774. The second-order valence-electron chi connectivity index (χ2n) is 4.14. The molecule has 1 rings (SSSR count). The molecule has 0 saturated carbocycles. The third-order valence-electron chi connectivity index (χ3n) is 2.55. The number of rotatable bonds is 7. The molecule has 0 radical (unpaired) electrons. The molecular weight excluding hydrogens is 214 g/mol. The van der Waals surface area contributed by atoms with Gasteiger partial charge in [-0.2, -0.15) is 4.98 Å². The molecule has 17 heavy (non-hydrogen) atoms. The van der Waals surface area contributed by atoms with Crippen LogP contribution in [0.3, 0.4) is 0 Å². The summed E-state index contributed by atoms with van der Waals surface area (Å²) in [5.41, 5.74) is 0. The highest BCUT2D eigenvalue weighted by atomic mass is 15.3. The van der Waals surface area contributed by atoms with E-state index in [4.69, 9.17) is 0 Å². The Labute approximate surface area is 104 Å². The SMILES string of the molecule is CCN(CC)c1nccc(NCCN(C)C)n1. The van der Waals surface area contributed by atoms with E-state index >= 15 is 0 Å². The van der Waals surface area contributed by atoms with E-state index in [0.29, 0.717) is 0 Å². The number of aromatic nitrogens is 2. The lowest BCUT2D eigenvalue weighted by Gasteiger charge is -2.19. The molecule has 0 aromatic carbocycles. The van der Waals surface area contributed by atoms with Crippen molar-refractivity contribution in [2.24, 2.45) is 0 Å². The van der Waals surface area contributed by atoms with Gasteiger partial charge in [0.05, 0.1) is 0 Å². The third-order valence-corrected chi connectivity index (χ3v) is 2.55. The Morgan fingerprint density at radius 3 is 2.53 bits per heavy atom. The van der Waals surface area contributed by atoms with Crippen molar-refractivity contribution in [3.05, 3.63) is 12.3 Å². The zero-order valence-corrected chi connectivity index (χ0v) is 11.3. The van der Waals surface area contributed by atoms with Crippen LogP contribution in [0.5, 0.6) is 0 Å². The summed E-state index contributed by atoms with van der Waals surface area (Å²) in [7, 11) is 4.12. The summed E-state index contributed by atoms with van der Waals surface area (Å²) in [5.74, 6) is 1.69. The van der Waals surface area contributed by atoms with Gasteiger partial charge in [-0.1, -0.05) is 0 Å². The largest absolute Gasteiger partial charge is 0.369 e. The fourth-order valence-corrected chi connectivity index (χ4v) is 1.51. The van der Waals surface area contributed by atoms with Crippen molar-refractivity contribution in [3.63, 3.8) is 0 Å². The van der Waals surface area contributed by atoms with E-state index in [1.165, 1.54) is 0 Å². The van der Waals surface area contributed by atoms with E-state index in [2.05, 4.69) is 53.0 Å². The first-order chi connectivity index (χ1) is 8.17. The first kappa shape index (κ1) is 13.7. The molecule has 0 unspecified atom stereocenters. The third kappa shape index (κ3) is 4.56. The lowest BCUT2D eigenvalue weighted by Crippen LogP contribution is -2.25. The molecule has 0 fully saturated rings. The summed E-state index contributed by atoms with van der Waals surface area (Å²) in [6.07, 6.45) is 1.80. The molecule has 0 saturated heterocycles. The standard InChI is InChI=1S/C12H23N5/c1-5-17(6-2)12-14-8-7-11(15-12)13-9-10-16(3)4/h7-8H,5-6,9-10H2,1-4H3,(H,13,14,15). The minimum atomic E-state index is 0.796. The minimum absolute atomic E-state index is 0.796. The number of nitrogens with zero attached hydrogens (tertiary/aromatic N) is 4. The second-order valence-corrected chi connectivity index (χ2v) is 4.14. The van der Waals surface area contributed by atoms with Crippen molar-refractivity contribution in [1.82, 2.24) is 14.9 Å². The zero-order valence-electron chi connectivity index (χ0n) is 11.3. The molecule has 0 bridgehead atoms. The predicted molar refractivity (Wildman–Crippen MR) is 72.6 cm³/mol. The van der Waals surface area contributed by atoms with E-state index in [1.54, 1.807) is 6.20 Å². The Bertz CT molecular complexity index is 322. The Morgan fingerprint density at radius 2 is 1.94 bits per heavy atom. The van der Waals surface area contributed by atoms with E-state index < -0.39 is 0 Å². The average molecular weight is 237 g/mol. The van der Waals surface area contributed by atoms with Gasteiger partial charge in [0.2, 0.25) is 5.95 Å². The molecule has 1 aromatic heterocycles. The Kier molecular flexibility index (Phi) is 5.69. The van der Waals surface area contributed by atoms with Gasteiger partial charge in [0, 0.05) is 32.4 Å². The van der Waals surface area contributed by atoms with E-state index in [9.17, 15) is 0 Å². The van der Waals surface area contributed by atoms with Crippen molar-refractivity contribution in [1.29, 1.82) is 0 Å². The maximum atomic E-state index is 4.50. The van der Waals surface area contributed by atoms with Crippen LogP contribution in [-0.2, 0) is 0 Å². The Morgan fingerprint density at radius 1 is 1.24 bits per heavy atom. The van der Waals surface area contributed by atoms with Crippen LogP contribution in [0.25, 0.3) is 0 Å². The molecule has 5 heteroatoms. The molecule has 0 amide bonds. The van der Waals surface area contributed by atoms with Crippen molar-refractivity contribution >= 4 is 11.8 Å². The molecule has 1 N–H and O–H groups in total. The number of nitrogens with one attached hydrogen (secondary N) is 1. The average Bonchev–Trinajstić information content (AvgIpc) is 2.31. The number of hydrogen-bond donors (Lipinski definition) is 1. The van der Waals surface area contributed by atoms with Crippen LogP contribution in [0, 0.1) is 0 Å². The molecule has 0 aliphatic rings. The summed E-state index contributed by atoms with van der Waals surface area (Å²) in [6.45, 7) is 7.96. The van der Waals surface area contributed by atoms with Gasteiger partial charge in [0.1, 0.15) is 5.82 Å². The van der Waals surface area contributed by atoms with Crippen LogP contribution < -0.4 is 10.2 Å². The molecule has 0 spiro atoms. The maximum absolute atomic E-state index is 4.50. The van der Waals surface area contributed by atoms with Gasteiger partial charge in [-0.25, -0.2) is 4.98 Å². The fraction of sp³-hybridized carbons (Fsp3) is 0.667. The van der Waals surface area contributed by atoms with Crippen LogP contribution in [0.15, 0.2) is 12.3 Å². The second kappa shape index (κ2) is 7.06. The summed E-state index contributed by atoms with van der Waals surface area (Å²) in [4.78, 5) is 13.1. The number of likely N-dealkylation sites (N-methyl/N-ethyl adjacent to an activating group) is 1. The summed E-state index contributed by atoms with van der Waals surface area (Å²) < 4.78 is 0. The van der Waals surface area contributed by atoms with Gasteiger partial charge in [0.15, 0.2) is 0 Å². The van der Waals surface area contributed by atoms with Gasteiger partial charge in [-0.05, 0) is 34.0 Å². The Balaban J connectivity index is 2.59. The monoisotopic (exact) mass is 237 g/mol. The van der Waals surface area contributed by atoms with Gasteiger partial charge in [-0.15, -0.1) is 0 Å². The molecular formula is C12H23N5. The van der Waals surface area contributed by atoms with E-state index in [1.807, 2.05) is 6.07 Å². The van der Waals surface area contributed by atoms with Gasteiger partial charge < -0.3 is 15.1 Å². The first-order valence-electron chi connectivity index (χ1n) is 6.14. The normalized spacial score (nSPS) is 10.6. The summed E-state index contributed by atoms with van der Waals surface area (Å²) >= 11 is 0. The van der Waals surface area contributed by atoms with Crippen LogP contribution in [0.2, 0.25) is 0 Å². The summed E-state index contributed by atoms with van der Waals surface area (Å²) in [6, 6.07) is 1.91. The lowest BCUT2D eigenvalue weighted by molar-refractivity contribution is 0.425. The smallest absolute Gasteiger partial charge is 0.227 e. The molecule has 5 nitrogen and oxygen atoms in total. The first-order valence-corrected chi connectivity index (χ1v) is 6.14. The lowest BCUT2D eigenvalue weighted by atomic mass is 10.5. The molecule has 96 valence electrons. The van der Waals surface area contributed by atoms with Crippen molar-refractivity contribution < 1.29 is 0 Å². The van der Waals surface area contributed by atoms with Crippen molar-refractivity contribution in [3.8, 4) is 0 Å². The van der Waals surface area contributed by atoms with Crippen LogP contribution in [0.4, 0.5) is 11.8 Å². The summed E-state index contributed by atoms with van der Waals surface area (Å²) in [5, 5.41) is 3.30. The van der Waals surface area contributed by atoms with Crippen molar-refractivity contribution in [2.45, 2.75) is 13.8 Å². The minimum Gasteiger partial charge on any atom is -0.369 e. The highest BCUT2D eigenvalue weighted by Crippen LogP contribution is 2.09. The maximum Gasteiger partial charge on any atom is 0.227 e.